The summed E-state index contributed by atoms with van der Waals surface area (Å²) in [7, 11) is 0. The van der Waals surface area contributed by atoms with Gasteiger partial charge in [0.25, 0.3) is 0 Å². The third-order valence-corrected chi connectivity index (χ3v) is 11.7. The molecule has 0 aromatic carbocycles. The summed E-state index contributed by atoms with van der Waals surface area (Å²) < 4.78 is 0. The van der Waals surface area contributed by atoms with Crippen molar-refractivity contribution in [3.05, 3.63) is 0 Å². The highest BCUT2D eigenvalue weighted by Crippen LogP contribution is 2.65. The van der Waals surface area contributed by atoms with Crippen LogP contribution in [-0.2, 0) is 14.4 Å². The van der Waals surface area contributed by atoms with Crippen LogP contribution >= 0.6 is 0 Å². The molecule has 1 rings (SSSR count). The van der Waals surface area contributed by atoms with E-state index in [0.29, 0.717) is 37.0 Å². The normalized spacial score (nSPS) is 25.5. The van der Waals surface area contributed by atoms with Crippen LogP contribution in [0.25, 0.3) is 0 Å². The van der Waals surface area contributed by atoms with Crippen molar-refractivity contribution < 1.29 is 29.7 Å². The molecule has 0 spiro atoms. The molecule has 0 amide bonds. The Labute approximate surface area is 276 Å². The number of hydrogen-bond acceptors (Lipinski definition) is 3. The van der Waals surface area contributed by atoms with Crippen molar-refractivity contribution >= 4 is 17.9 Å². The van der Waals surface area contributed by atoms with Gasteiger partial charge in [0.15, 0.2) is 0 Å². The highest BCUT2D eigenvalue weighted by molar-refractivity contribution is 5.67. The first kappa shape index (κ1) is 41.4. The fraction of sp³-hybridized carbons (Fsp3) is 0.923. The van der Waals surface area contributed by atoms with Gasteiger partial charge in [-0.05, 0) is 91.8 Å². The van der Waals surface area contributed by atoms with Crippen molar-refractivity contribution in [3.8, 4) is 0 Å². The second-order valence-electron chi connectivity index (χ2n) is 15.6. The van der Waals surface area contributed by atoms with E-state index in [1.165, 1.54) is 0 Å². The van der Waals surface area contributed by atoms with Crippen LogP contribution in [-0.4, -0.2) is 33.2 Å². The van der Waals surface area contributed by atoms with E-state index in [-0.39, 0.29) is 35.5 Å². The standard InChI is InChI=1S/C39H72O6/c1-7-13-16-31(10-4)25-37(22-19-34(40)41)28-38(23-20-35(42)43,26-32(11-5)17-14-8-2)30-39(29-37,24-21-36(44)45)27-33(12-6)18-15-9-3/h31-33H,7-30H2,1-6H3,(H,40,41)(H,42,43)(H,44,45). The van der Waals surface area contributed by atoms with Gasteiger partial charge in [0, 0.05) is 19.3 Å². The van der Waals surface area contributed by atoms with Gasteiger partial charge in [0.05, 0.1) is 0 Å². The van der Waals surface area contributed by atoms with E-state index in [1.54, 1.807) is 0 Å². The van der Waals surface area contributed by atoms with E-state index in [1.807, 2.05) is 0 Å². The summed E-state index contributed by atoms with van der Waals surface area (Å²) in [6.07, 6.45) is 21.2. The van der Waals surface area contributed by atoms with Crippen molar-refractivity contribution in [1.29, 1.82) is 0 Å². The fourth-order valence-electron chi connectivity index (χ4n) is 9.63. The maximum Gasteiger partial charge on any atom is 0.303 e. The molecular weight excluding hydrogens is 564 g/mol. The zero-order valence-electron chi connectivity index (χ0n) is 30.3. The minimum absolute atomic E-state index is 0.119. The Bertz CT molecular complexity index is 735. The van der Waals surface area contributed by atoms with Gasteiger partial charge in [0.2, 0.25) is 0 Å². The molecule has 1 aliphatic rings. The Balaban J connectivity index is 3.96. The summed E-state index contributed by atoms with van der Waals surface area (Å²) in [4.78, 5) is 36.6. The third kappa shape index (κ3) is 15.2. The van der Waals surface area contributed by atoms with Gasteiger partial charge in [0.1, 0.15) is 0 Å². The molecule has 0 aromatic rings. The first-order chi connectivity index (χ1) is 21.3. The molecule has 0 heterocycles. The molecule has 0 aliphatic heterocycles. The zero-order valence-corrected chi connectivity index (χ0v) is 30.3. The van der Waals surface area contributed by atoms with Crippen LogP contribution in [0.3, 0.4) is 0 Å². The minimum Gasteiger partial charge on any atom is -0.481 e. The van der Waals surface area contributed by atoms with Crippen LogP contribution in [0.2, 0.25) is 0 Å². The summed E-state index contributed by atoms with van der Waals surface area (Å²) in [6.45, 7) is 13.5. The lowest BCUT2D eigenvalue weighted by Crippen LogP contribution is -2.49. The number of carboxylic acids is 3. The highest BCUT2D eigenvalue weighted by atomic mass is 16.4. The van der Waals surface area contributed by atoms with E-state index < -0.39 is 17.9 Å². The number of rotatable bonds is 27. The number of hydrogen-bond donors (Lipinski definition) is 3. The van der Waals surface area contributed by atoms with Crippen molar-refractivity contribution in [1.82, 2.24) is 0 Å². The van der Waals surface area contributed by atoms with Crippen molar-refractivity contribution in [2.75, 3.05) is 0 Å². The van der Waals surface area contributed by atoms with Crippen LogP contribution in [0.15, 0.2) is 0 Å². The van der Waals surface area contributed by atoms with Crippen LogP contribution in [0.1, 0.15) is 196 Å². The van der Waals surface area contributed by atoms with Crippen LogP contribution in [0.4, 0.5) is 0 Å². The van der Waals surface area contributed by atoms with Gasteiger partial charge in [-0.25, -0.2) is 0 Å². The SMILES string of the molecule is CCCCC(CC)CC1(CCC(=O)O)CC(CCC(=O)O)(CC(CC)CCCC)CC(CCC(=O)O)(CC(CC)CCCC)C1. The molecule has 1 saturated carbocycles. The van der Waals surface area contributed by atoms with Crippen molar-refractivity contribution in [2.24, 2.45) is 34.0 Å². The molecule has 6 nitrogen and oxygen atoms in total. The second kappa shape index (κ2) is 21.3. The predicted molar refractivity (Wildman–Crippen MR) is 186 cm³/mol. The molecule has 6 heteroatoms. The van der Waals surface area contributed by atoms with Gasteiger partial charge in [-0.1, -0.05) is 119 Å². The fourth-order valence-corrected chi connectivity index (χ4v) is 9.63. The first-order valence-electron chi connectivity index (χ1n) is 19.0. The van der Waals surface area contributed by atoms with Crippen LogP contribution < -0.4 is 0 Å². The first-order valence-corrected chi connectivity index (χ1v) is 19.0. The molecule has 3 unspecified atom stereocenters. The van der Waals surface area contributed by atoms with Crippen molar-refractivity contribution in [2.45, 2.75) is 196 Å². The lowest BCUT2D eigenvalue weighted by atomic mass is 9.45. The Morgan fingerprint density at radius 2 is 0.733 bits per heavy atom. The number of aliphatic carboxylic acids is 3. The summed E-state index contributed by atoms with van der Waals surface area (Å²) in [6, 6.07) is 0. The lowest BCUT2D eigenvalue weighted by molar-refractivity contribution is -0.142. The Kier molecular flexibility index (Phi) is 19.6. The number of unbranched alkanes of at least 4 members (excludes halogenated alkanes) is 3. The summed E-state index contributed by atoms with van der Waals surface area (Å²) >= 11 is 0. The monoisotopic (exact) mass is 637 g/mol. The van der Waals surface area contributed by atoms with E-state index in [9.17, 15) is 29.7 Å². The predicted octanol–water partition coefficient (Wildman–Crippen LogP) is 11.5. The molecule has 0 saturated heterocycles. The van der Waals surface area contributed by atoms with Gasteiger partial charge in [-0.3, -0.25) is 14.4 Å². The smallest absolute Gasteiger partial charge is 0.303 e. The van der Waals surface area contributed by atoms with E-state index in [4.69, 9.17) is 0 Å². The van der Waals surface area contributed by atoms with Gasteiger partial charge in [-0.2, -0.15) is 0 Å². The maximum absolute atomic E-state index is 12.2. The molecule has 0 bridgehead atoms. The summed E-state index contributed by atoms with van der Waals surface area (Å²) in [5.74, 6) is -0.811. The number of carboxylic acid groups (broad SMARTS) is 3. The molecule has 264 valence electrons. The average molecular weight is 637 g/mol. The third-order valence-electron chi connectivity index (χ3n) is 11.7. The topological polar surface area (TPSA) is 112 Å². The second-order valence-corrected chi connectivity index (χ2v) is 15.6. The van der Waals surface area contributed by atoms with Gasteiger partial charge >= 0.3 is 17.9 Å². The molecular formula is C39H72O6. The van der Waals surface area contributed by atoms with Crippen LogP contribution in [0.5, 0.6) is 0 Å². The Morgan fingerprint density at radius 1 is 0.489 bits per heavy atom. The molecule has 45 heavy (non-hydrogen) atoms. The minimum atomic E-state index is -0.766. The molecule has 3 atom stereocenters. The van der Waals surface area contributed by atoms with E-state index in [0.717, 1.165) is 116 Å². The summed E-state index contributed by atoms with van der Waals surface area (Å²) in [5, 5.41) is 30.0. The Morgan fingerprint density at radius 3 is 0.911 bits per heavy atom. The van der Waals surface area contributed by atoms with Gasteiger partial charge in [-0.15, -0.1) is 0 Å². The molecule has 0 radical (unpaired) electrons. The average Bonchev–Trinajstić information content (AvgIpc) is 3.00. The molecule has 1 aliphatic carbocycles. The largest absolute Gasteiger partial charge is 0.481 e. The van der Waals surface area contributed by atoms with Gasteiger partial charge < -0.3 is 15.3 Å². The molecule has 3 N–H and O–H groups in total. The van der Waals surface area contributed by atoms with Crippen LogP contribution in [0, 0.1) is 34.0 Å². The highest BCUT2D eigenvalue weighted by Gasteiger charge is 2.55. The summed E-state index contributed by atoms with van der Waals surface area (Å²) in [5.41, 5.74) is -0.684. The molecule has 1 fully saturated rings. The number of carbonyl (C=O) groups is 3. The molecule has 0 aromatic heterocycles. The maximum atomic E-state index is 12.2. The van der Waals surface area contributed by atoms with Crippen molar-refractivity contribution in [3.63, 3.8) is 0 Å². The van der Waals surface area contributed by atoms with E-state index in [2.05, 4.69) is 41.5 Å². The lowest BCUT2D eigenvalue weighted by Gasteiger charge is -2.59. The Hall–Kier alpha value is -1.59. The quantitative estimate of drug-likeness (QED) is 0.0827. The van der Waals surface area contributed by atoms with E-state index >= 15 is 0 Å². The zero-order chi connectivity index (χ0) is 33.9.